The molecule has 0 unspecified atom stereocenters. The van der Waals surface area contributed by atoms with E-state index in [1.54, 1.807) is 0 Å². The van der Waals surface area contributed by atoms with Gasteiger partial charge in [-0.25, -0.2) is 9.37 Å². The lowest BCUT2D eigenvalue weighted by atomic mass is 10.2. The van der Waals surface area contributed by atoms with Gasteiger partial charge in [0.25, 0.3) is 0 Å². The lowest BCUT2D eigenvalue weighted by molar-refractivity contribution is -0.136. The van der Waals surface area contributed by atoms with E-state index in [0.717, 1.165) is 0 Å². The predicted molar refractivity (Wildman–Crippen MR) is 60.9 cm³/mol. The van der Waals surface area contributed by atoms with E-state index in [1.807, 2.05) is 0 Å². The smallest absolute Gasteiger partial charge is 0.309 e. The van der Waals surface area contributed by atoms with Crippen molar-refractivity contribution in [2.24, 2.45) is 0 Å². The number of carboxylic acids is 1. The molecule has 88 valence electrons. The van der Waals surface area contributed by atoms with Crippen molar-refractivity contribution >= 4 is 21.9 Å². The van der Waals surface area contributed by atoms with Gasteiger partial charge in [0, 0.05) is 5.56 Å². The summed E-state index contributed by atoms with van der Waals surface area (Å²) in [6, 6.07) is 5.59. The third-order valence-electron chi connectivity index (χ3n) is 2.06. The van der Waals surface area contributed by atoms with Crippen LogP contribution in [0.4, 0.5) is 4.39 Å². The monoisotopic (exact) mass is 299 g/mol. The van der Waals surface area contributed by atoms with Crippen molar-refractivity contribution in [3.05, 3.63) is 40.4 Å². The molecule has 1 N–H and O–H groups in total. The lowest BCUT2D eigenvalue weighted by Crippen LogP contribution is -2.00. The Morgan fingerprint density at radius 1 is 1.41 bits per heavy atom. The summed E-state index contributed by atoms with van der Waals surface area (Å²) >= 11 is 3.09. The molecule has 0 radical (unpaired) electrons. The largest absolute Gasteiger partial charge is 0.481 e. The molecule has 1 heterocycles. The Hall–Kier alpha value is -1.69. The molecular formula is C11H7BrFNO3. The van der Waals surface area contributed by atoms with Gasteiger partial charge in [-0.15, -0.1) is 0 Å². The summed E-state index contributed by atoms with van der Waals surface area (Å²) in [5, 5.41) is 8.66. The summed E-state index contributed by atoms with van der Waals surface area (Å²) in [6.07, 6.45) is -0.231. The Morgan fingerprint density at radius 3 is 2.65 bits per heavy atom. The molecule has 0 fully saturated rings. The molecule has 0 spiro atoms. The van der Waals surface area contributed by atoms with E-state index < -0.39 is 5.97 Å². The van der Waals surface area contributed by atoms with Crippen LogP contribution in [0.2, 0.25) is 0 Å². The number of hydrogen-bond acceptors (Lipinski definition) is 3. The number of hydrogen-bond donors (Lipinski definition) is 1. The standard InChI is InChI=1S/C11H7BrFNO3/c12-10-8(5-9(15)16)14-11(17-10)6-1-3-7(13)4-2-6/h1-4H,5H2,(H,15,16). The molecule has 0 amide bonds. The first-order valence-corrected chi connectivity index (χ1v) is 5.48. The van der Waals surface area contributed by atoms with Gasteiger partial charge in [-0.2, -0.15) is 0 Å². The maximum atomic E-state index is 12.7. The molecule has 0 aliphatic heterocycles. The van der Waals surface area contributed by atoms with Crippen molar-refractivity contribution in [1.82, 2.24) is 4.98 Å². The molecule has 2 rings (SSSR count). The van der Waals surface area contributed by atoms with E-state index in [4.69, 9.17) is 9.52 Å². The molecular weight excluding hydrogens is 293 g/mol. The third-order valence-corrected chi connectivity index (χ3v) is 2.68. The van der Waals surface area contributed by atoms with Crippen molar-refractivity contribution in [2.45, 2.75) is 6.42 Å². The number of halogens is 2. The fourth-order valence-corrected chi connectivity index (χ4v) is 1.68. The SMILES string of the molecule is O=C(O)Cc1nc(-c2ccc(F)cc2)oc1Br. The first-order valence-electron chi connectivity index (χ1n) is 4.69. The fraction of sp³-hybridized carbons (Fsp3) is 0.0909. The quantitative estimate of drug-likeness (QED) is 0.946. The maximum Gasteiger partial charge on any atom is 0.309 e. The van der Waals surface area contributed by atoms with Gasteiger partial charge in [-0.05, 0) is 40.2 Å². The molecule has 6 heteroatoms. The number of carboxylic acid groups (broad SMARTS) is 1. The van der Waals surface area contributed by atoms with Gasteiger partial charge < -0.3 is 9.52 Å². The van der Waals surface area contributed by atoms with Gasteiger partial charge in [0.05, 0.1) is 6.42 Å². The third kappa shape index (κ3) is 2.71. The molecule has 1 aromatic heterocycles. The van der Waals surface area contributed by atoms with Gasteiger partial charge in [-0.1, -0.05) is 0 Å². The van der Waals surface area contributed by atoms with Crippen molar-refractivity contribution in [1.29, 1.82) is 0 Å². The number of benzene rings is 1. The van der Waals surface area contributed by atoms with Crippen LogP contribution in [0.1, 0.15) is 5.69 Å². The molecule has 0 saturated heterocycles. The van der Waals surface area contributed by atoms with E-state index in [9.17, 15) is 9.18 Å². The summed E-state index contributed by atoms with van der Waals surface area (Å²) in [7, 11) is 0. The molecule has 0 aliphatic rings. The van der Waals surface area contributed by atoms with Crippen LogP contribution in [0.5, 0.6) is 0 Å². The number of oxazole rings is 1. The van der Waals surface area contributed by atoms with Crippen LogP contribution >= 0.6 is 15.9 Å². The van der Waals surface area contributed by atoms with E-state index in [0.29, 0.717) is 11.3 Å². The van der Waals surface area contributed by atoms with Crippen LogP contribution in [0.25, 0.3) is 11.5 Å². The first-order chi connectivity index (χ1) is 8.06. The average molecular weight is 300 g/mol. The number of nitrogens with zero attached hydrogens (tertiary/aromatic N) is 1. The summed E-state index contributed by atoms with van der Waals surface area (Å²) in [5.74, 6) is -1.09. The Morgan fingerprint density at radius 2 is 2.06 bits per heavy atom. The van der Waals surface area contributed by atoms with Crippen molar-refractivity contribution in [3.63, 3.8) is 0 Å². The predicted octanol–water partition coefficient (Wildman–Crippen LogP) is 2.87. The second-order valence-electron chi connectivity index (χ2n) is 3.32. The Kier molecular flexibility index (Phi) is 3.23. The zero-order valence-corrected chi connectivity index (χ0v) is 10.1. The van der Waals surface area contributed by atoms with Crippen LogP contribution in [0, 0.1) is 5.82 Å². The van der Waals surface area contributed by atoms with E-state index in [-0.39, 0.29) is 22.8 Å². The van der Waals surface area contributed by atoms with Crippen LogP contribution < -0.4 is 0 Å². The van der Waals surface area contributed by atoms with E-state index in [1.165, 1.54) is 24.3 Å². The molecule has 4 nitrogen and oxygen atoms in total. The number of rotatable bonds is 3. The Balaban J connectivity index is 2.34. The van der Waals surface area contributed by atoms with Crippen LogP contribution in [0.3, 0.4) is 0 Å². The average Bonchev–Trinajstić information content (AvgIpc) is 2.60. The number of carbonyl (C=O) groups is 1. The van der Waals surface area contributed by atoms with Gasteiger partial charge in [0.15, 0.2) is 4.67 Å². The minimum Gasteiger partial charge on any atom is -0.481 e. The zero-order valence-electron chi connectivity index (χ0n) is 8.48. The molecule has 1 aromatic carbocycles. The summed E-state index contributed by atoms with van der Waals surface area (Å²) in [4.78, 5) is 14.6. The molecule has 0 bridgehead atoms. The first kappa shape index (κ1) is 11.8. The number of aromatic nitrogens is 1. The van der Waals surface area contributed by atoms with Crippen LogP contribution in [0.15, 0.2) is 33.4 Å². The second kappa shape index (κ2) is 4.67. The summed E-state index contributed by atoms with van der Waals surface area (Å²) in [5.41, 5.74) is 0.889. The van der Waals surface area contributed by atoms with E-state index >= 15 is 0 Å². The topological polar surface area (TPSA) is 63.3 Å². The highest BCUT2D eigenvalue weighted by atomic mass is 79.9. The van der Waals surface area contributed by atoms with Gasteiger partial charge in [-0.3, -0.25) is 4.79 Å². The Bertz CT molecular complexity index is 550. The molecule has 17 heavy (non-hydrogen) atoms. The molecule has 2 aromatic rings. The van der Waals surface area contributed by atoms with Gasteiger partial charge >= 0.3 is 5.97 Å². The normalized spacial score (nSPS) is 10.5. The van der Waals surface area contributed by atoms with Gasteiger partial charge in [0.2, 0.25) is 5.89 Å². The lowest BCUT2D eigenvalue weighted by Gasteiger charge is -1.93. The molecule has 0 aliphatic carbocycles. The number of aliphatic carboxylic acids is 1. The van der Waals surface area contributed by atoms with Crippen molar-refractivity contribution in [3.8, 4) is 11.5 Å². The minimum atomic E-state index is -0.996. The maximum absolute atomic E-state index is 12.7. The van der Waals surface area contributed by atoms with Crippen molar-refractivity contribution in [2.75, 3.05) is 0 Å². The Labute approximate surface area is 104 Å². The van der Waals surface area contributed by atoms with Gasteiger partial charge in [0.1, 0.15) is 11.5 Å². The highest BCUT2D eigenvalue weighted by molar-refractivity contribution is 9.10. The van der Waals surface area contributed by atoms with E-state index in [2.05, 4.69) is 20.9 Å². The highest BCUT2D eigenvalue weighted by Crippen LogP contribution is 2.26. The summed E-state index contributed by atoms with van der Waals surface area (Å²) < 4.78 is 18.3. The highest BCUT2D eigenvalue weighted by Gasteiger charge is 2.15. The van der Waals surface area contributed by atoms with Crippen LogP contribution in [-0.4, -0.2) is 16.1 Å². The second-order valence-corrected chi connectivity index (χ2v) is 4.04. The minimum absolute atomic E-state index is 0.231. The molecule has 0 atom stereocenters. The van der Waals surface area contributed by atoms with Crippen LogP contribution in [-0.2, 0) is 11.2 Å². The summed E-state index contributed by atoms with van der Waals surface area (Å²) in [6.45, 7) is 0. The zero-order chi connectivity index (χ0) is 12.4. The fourth-order valence-electron chi connectivity index (χ4n) is 1.30. The molecule has 0 saturated carbocycles. The van der Waals surface area contributed by atoms with Crippen molar-refractivity contribution < 1.29 is 18.7 Å².